The topological polar surface area (TPSA) is 48.7 Å². The Bertz CT molecular complexity index is 866. The molecule has 21 heavy (non-hydrogen) atoms. The number of pyridine rings is 1. The number of nitrogens with one attached hydrogen (secondary N) is 1. The molecule has 0 aliphatic heterocycles. The molecule has 0 spiro atoms. The largest absolute Gasteiger partial charge is 0.353 e. The van der Waals surface area contributed by atoms with Crippen LogP contribution >= 0.6 is 15.9 Å². The second-order valence-corrected chi connectivity index (χ2v) is 5.64. The molecular formula is C17H12BrN3. The molecule has 3 aromatic rings. The van der Waals surface area contributed by atoms with Crippen molar-refractivity contribution in [1.82, 2.24) is 4.98 Å². The molecule has 0 aliphatic carbocycles. The number of benzene rings is 2. The van der Waals surface area contributed by atoms with Crippen LogP contribution in [0.2, 0.25) is 0 Å². The minimum Gasteiger partial charge on any atom is -0.353 e. The highest BCUT2D eigenvalue weighted by Crippen LogP contribution is 2.32. The third kappa shape index (κ3) is 2.61. The molecule has 1 N–H and O–H groups in total. The Morgan fingerprint density at radius 2 is 2.00 bits per heavy atom. The molecule has 0 fully saturated rings. The number of aromatic nitrogens is 1. The number of fused-ring (bicyclic) bond motifs is 1. The lowest BCUT2D eigenvalue weighted by Crippen LogP contribution is -1.97. The third-order valence-corrected chi connectivity index (χ3v) is 3.97. The van der Waals surface area contributed by atoms with Gasteiger partial charge in [0.25, 0.3) is 0 Å². The van der Waals surface area contributed by atoms with Crippen LogP contribution in [0.15, 0.2) is 53.1 Å². The van der Waals surface area contributed by atoms with Crippen LogP contribution in [-0.2, 0) is 0 Å². The van der Waals surface area contributed by atoms with E-state index in [-0.39, 0.29) is 0 Å². The number of aryl methyl sites for hydroxylation is 1. The molecule has 102 valence electrons. The standard InChI is InChI=1S/C17H12BrN3/c1-11-6-7-14(18)16(8-11)21-17-12(9-19)10-20-15-5-3-2-4-13(15)17/h2-8,10H,1H3,(H,20,21). The Morgan fingerprint density at radius 3 is 2.81 bits per heavy atom. The predicted octanol–water partition coefficient (Wildman–Crippen LogP) is 4.92. The second-order valence-electron chi connectivity index (χ2n) is 4.78. The average Bonchev–Trinajstić information content (AvgIpc) is 2.51. The first-order valence-corrected chi connectivity index (χ1v) is 7.29. The monoisotopic (exact) mass is 337 g/mol. The summed E-state index contributed by atoms with van der Waals surface area (Å²) in [5.41, 5.74) is 4.26. The zero-order valence-electron chi connectivity index (χ0n) is 11.4. The summed E-state index contributed by atoms with van der Waals surface area (Å²) < 4.78 is 0.956. The summed E-state index contributed by atoms with van der Waals surface area (Å²) in [5.74, 6) is 0. The molecule has 4 heteroatoms. The van der Waals surface area contributed by atoms with Crippen LogP contribution in [0.25, 0.3) is 10.9 Å². The summed E-state index contributed by atoms with van der Waals surface area (Å²) in [6.07, 6.45) is 1.61. The van der Waals surface area contributed by atoms with E-state index in [1.165, 1.54) is 0 Å². The molecule has 0 bridgehead atoms. The molecule has 0 saturated heterocycles. The van der Waals surface area contributed by atoms with Crippen molar-refractivity contribution in [3.63, 3.8) is 0 Å². The van der Waals surface area contributed by atoms with Crippen molar-refractivity contribution in [1.29, 1.82) is 5.26 Å². The molecule has 2 aromatic carbocycles. The van der Waals surface area contributed by atoms with Crippen molar-refractivity contribution in [3.8, 4) is 6.07 Å². The van der Waals surface area contributed by atoms with Gasteiger partial charge in [0.05, 0.1) is 22.5 Å². The Hall–Kier alpha value is -2.38. The molecule has 0 radical (unpaired) electrons. The highest BCUT2D eigenvalue weighted by molar-refractivity contribution is 9.10. The van der Waals surface area contributed by atoms with Crippen LogP contribution in [0.4, 0.5) is 11.4 Å². The van der Waals surface area contributed by atoms with E-state index in [0.29, 0.717) is 5.56 Å². The fraction of sp³-hybridized carbons (Fsp3) is 0.0588. The van der Waals surface area contributed by atoms with Crippen molar-refractivity contribution in [3.05, 3.63) is 64.3 Å². The number of nitriles is 1. The van der Waals surface area contributed by atoms with Gasteiger partial charge in [0, 0.05) is 16.1 Å². The number of halogens is 1. The summed E-state index contributed by atoms with van der Waals surface area (Å²) >= 11 is 3.54. The molecule has 3 rings (SSSR count). The predicted molar refractivity (Wildman–Crippen MR) is 88.6 cm³/mol. The van der Waals surface area contributed by atoms with Gasteiger partial charge in [-0.05, 0) is 46.6 Å². The van der Waals surface area contributed by atoms with Gasteiger partial charge in [-0.2, -0.15) is 5.26 Å². The maximum absolute atomic E-state index is 9.34. The maximum atomic E-state index is 9.34. The minimum atomic E-state index is 0.530. The number of hydrogen-bond acceptors (Lipinski definition) is 3. The number of anilines is 2. The quantitative estimate of drug-likeness (QED) is 0.721. The Morgan fingerprint density at radius 1 is 1.19 bits per heavy atom. The van der Waals surface area contributed by atoms with E-state index in [9.17, 15) is 5.26 Å². The lowest BCUT2D eigenvalue weighted by molar-refractivity contribution is 1.36. The van der Waals surface area contributed by atoms with Gasteiger partial charge < -0.3 is 5.32 Å². The van der Waals surface area contributed by atoms with E-state index < -0.39 is 0 Å². The Kier molecular flexibility index (Phi) is 3.59. The Labute approximate surface area is 131 Å². The van der Waals surface area contributed by atoms with Crippen molar-refractivity contribution < 1.29 is 0 Å². The van der Waals surface area contributed by atoms with Gasteiger partial charge >= 0.3 is 0 Å². The van der Waals surface area contributed by atoms with Crippen LogP contribution in [0.5, 0.6) is 0 Å². The van der Waals surface area contributed by atoms with E-state index >= 15 is 0 Å². The molecule has 0 saturated carbocycles. The van der Waals surface area contributed by atoms with Gasteiger partial charge in [-0.25, -0.2) is 0 Å². The number of hydrogen-bond donors (Lipinski definition) is 1. The van der Waals surface area contributed by atoms with E-state index in [4.69, 9.17) is 0 Å². The summed E-state index contributed by atoms with van der Waals surface area (Å²) in [6, 6.07) is 16.1. The molecule has 1 heterocycles. The molecular weight excluding hydrogens is 326 g/mol. The smallest absolute Gasteiger partial charge is 0.103 e. The summed E-state index contributed by atoms with van der Waals surface area (Å²) in [7, 11) is 0. The van der Waals surface area contributed by atoms with E-state index in [1.54, 1.807) is 6.20 Å². The minimum absolute atomic E-state index is 0.530. The van der Waals surface area contributed by atoms with Crippen LogP contribution < -0.4 is 5.32 Å². The van der Waals surface area contributed by atoms with Crippen LogP contribution in [-0.4, -0.2) is 4.98 Å². The highest BCUT2D eigenvalue weighted by Gasteiger charge is 2.10. The molecule has 0 aliphatic rings. The molecule has 0 unspecified atom stereocenters. The van der Waals surface area contributed by atoms with E-state index in [0.717, 1.165) is 32.3 Å². The van der Waals surface area contributed by atoms with Gasteiger partial charge in [0.1, 0.15) is 6.07 Å². The fourth-order valence-corrected chi connectivity index (χ4v) is 2.58. The molecule has 3 nitrogen and oxygen atoms in total. The van der Waals surface area contributed by atoms with Gasteiger partial charge in [0.2, 0.25) is 0 Å². The van der Waals surface area contributed by atoms with Gasteiger partial charge in [-0.1, -0.05) is 24.3 Å². The fourth-order valence-electron chi connectivity index (χ4n) is 2.23. The highest BCUT2D eigenvalue weighted by atomic mass is 79.9. The number of rotatable bonds is 2. The Balaban J connectivity index is 2.19. The van der Waals surface area contributed by atoms with Crippen molar-refractivity contribution >= 4 is 38.2 Å². The van der Waals surface area contributed by atoms with Crippen LogP contribution in [0, 0.1) is 18.3 Å². The van der Waals surface area contributed by atoms with Crippen molar-refractivity contribution in [2.45, 2.75) is 6.92 Å². The first-order chi connectivity index (χ1) is 10.2. The first-order valence-electron chi connectivity index (χ1n) is 6.50. The SMILES string of the molecule is Cc1ccc(Br)c(Nc2c(C#N)cnc3ccccc23)c1. The van der Waals surface area contributed by atoms with Crippen molar-refractivity contribution in [2.75, 3.05) is 5.32 Å². The van der Waals surface area contributed by atoms with Crippen LogP contribution in [0.3, 0.4) is 0 Å². The number of nitrogens with zero attached hydrogens (tertiary/aromatic N) is 2. The summed E-state index contributed by atoms with van der Waals surface area (Å²) in [6.45, 7) is 2.04. The maximum Gasteiger partial charge on any atom is 0.103 e. The van der Waals surface area contributed by atoms with E-state index in [2.05, 4.69) is 32.3 Å². The lowest BCUT2D eigenvalue weighted by Gasteiger charge is -2.13. The molecule has 0 atom stereocenters. The summed E-state index contributed by atoms with van der Waals surface area (Å²) in [5, 5.41) is 13.6. The molecule has 0 amide bonds. The average molecular weight is 338 g/mol. The van der Waals surface area contributed by atoms with E-state index in [1.807, 2.05) is 49.4 Å². The zero-order chi connectivity index (χ0) is 14.8. The van der Waals surface area contributed by atoms with Crippen molar-refractivity contribution in [2.24, 2.45) is 0 Å². The molecule has 1 aromatic heterocycles. The van der Waals surface area contributed by atoms with Gasteiger partial charge in [0.15, 0.2) is 0 Å². The first kappa shape index (κ1) is 13.6. The normalized spacial score (nSPS) is 10.3. The van der Waals surface area contributed by atoms with Gasteiger partial charge in [-0.3, -0.25) is 4.98 Å². The van der Waals surface area contributed by atoms with Crippen LogP contribution in [0.1, 0.15) is 11.1 Å². The zero-order valence-corrected chi connectivity index (χ0v) is 13.0. The third-order valence-electron chi connectivity index (χ3n) is 3.28. The second kappa shape index (κ2) is 5.55. The number of para-hydroxylation sites is 1. The summed E-state index contributed by atoms with van der Waals surface area (Å²) in [4.78, 5) is 4.32. The van der Waals surface area contributed by atoms with Gasteiger partial charge in [-0.15, -0.1) is 0 Å². The lowest BCUT2D eigenvalue weighted by atomic mass is 10.1.